The van der Waals surface area contributed by atoms with Crippen LogP contribution in [0.15, 0.2) is 494 Å². The molecule has 628 valence electrons. The monoisotopic (exact) mass is 1710 g/mol. The minimum atomic E-state index is 0.846. The van der Waals surface area contributed by atoms with Crippen molar-refractivity contribution in [3.05, 3.63) is 485 Å². The van der Waals surface area contributed by atoms with Crippen molar-refractivity contribution in [1.29, 1.82) is 0 Å². The molecule has 134 heavy (non-hydrogen) atoms. The second-order valence-electron chi connectivity index (χ2n) is 34.4. The lowest BCUT2D eigenvalue weighted by molar-refractivity contribution is 0.487. The van der Waals surface area contributed by atoms with Crippen LogP contribution < -0.4 is 29.1 Å². The molecule has 0 unspecified atom stereocenters. The van der Waals surface area contributed by atoms with E-state index in [2.05, 4.69) is 487 Å². The van der Waals surface area contributed by atoms with E-state index in [0.717, 1.165) is 195 Å². The lowest BCUT2D eigenvalue weighted by atomic mass is 9.87. The van der Waals surface area contributed by atoms with Gasteiger partial charge in [0.05, 0.1) is 28.4 Å². The maximum atomic E-state index is 6.94. The first kappa shape index (κ1) is 77.2. The molecule has 0 N–H and O–H groups in total. The zero-order valence-corrected chi connectivity index (χ0v) is 72.6. The van der Waals surface area contributed by atoms with Gasteiger partial charge in [0, 0.05) is 99.6 Å². The van der Waals surface area contributed by atoms with E-state index < -0.39 is 0 Å². The molecule has 27 rings (SSSR count). The Kier molecular flexibility index (Phi) is 18.5. The Morgan fingerprint density at radius 1 is 0.142 bits per heavy atom. The van der Waals surface area contributed by atoms with Crippen LogP contribution in [-0.2, 0) is 0 Å². The van der Waals surface area contributed by atoms with Crippen molar-refractivity contribution in [2.24, 2.45) is 0 Å². The molecule has 0 radical (unpaired) electrons. The number of fused-ring (bicyclic) bond motifs is 18. The smallest absolute Gasteiger partial charge is 0.159 e. The van der Waals surface area contributed by atoms with Gasteiger partial charge in [-0.1, -0.05) is 309 Å². The average Bonchev–Trinajstić information content (AvgIpc) is 0.770. The quantitative estimate of drug-likeness (QED) is 0.0941. The molecular formula is C126H80N4O4. The highest BCUT2D eigenvalue weighted by molar-refractivity contribution is 6.28. The number of hydrogen-bond donors (Lipinski definition) is 0. The molecule has 0 aliphatic carbocycles. The minimum absolute atomic E-state index is 0.846. The summed E-state index contributed by atoms with van der Waals surface area (Å²) in [5, 5.41) is 18.5. The number of rotatable bonds is 15. The summed E-state index contributed by atoms with van der Waals surface area (Å²) in [5.41, 5.74) is 27.6. The van der Waals surface area contributed by atoms with Crippen LogP contribution in [0.1, 0.15) is 0 Å². The molecular weight excluding hydrogens is 1630 g/mol. The highest BCUT2D eigenvalue weighted by Crippen LogP contribution is 2.57. The normalized spacial score (nSPS) is 11.9. The summed E-state index contributed by atoms with van der Waals surface area (Å²) in [6.07, 6.45) is 0. The lowest BCUT2D eigenvalue weighted by Crippen LogP contribution is -2.11. The molecule has 8 nitrogen and oxygen atoms in total. The highest BCUT2D eigenvalue weighted by Gasteiger charge is 2.31. The molecule has 0 atom stereocenters. The van der Waals surface area contributed by atoms with E-state index in [1.165, 1.54) is 60.0 Å². The first-order valence-corrected chi connectivity index (χ1v) is 45.6. The summed E-state index contributed by atoms with van der Waals surface area (Å²) in [7, 11) is 0. The first-order valence-electron chi connectivity index (χ1n) is 45.6. The van der Waals surface area contributed by atoms with Crippen LogP contribution >= 0.6 is 0 Å². The minimum Gasteiger partial charge on any atom is -0.456 e. The summed E-state index contributed by atoms with van der Waals surface area (Å²) < 4.78 is 27.1. The molecule has 0 amide bonds. The zero-order chi connectivity index (χ0) is 88.3. The van der Waals surface area contributed by atoms with E-state index in [9.17, 15) is 0 Å². The number of furan rings is 2. The number of benzene rings is 23. The fourth-order valence-electron chi connectivity index (χ4n) is 20.8. The predicted octanol–water partition coefficient (Wildman–Crippen LogP) is 36.5. The molecule has 0 saturated heterocycles. The van der Waals surface area contributed by atoms with E-state index in [1.54, 1.807) is 0 Å². The molecule has 4 heterocycles. The van der Waals surface area contributed by atoms with Gasteiger partial charge in [0.1, 0.15) is 34.2 Å². The molecule has 0 saturated carbocycles. The van der Waals surface area contributed by atoms with E-state index in [4.69, 9.17) is 18.3 Å². The van der Waals surface area contributed by atoms with E-state index in [0.29, 0.717) is 0 Å². The summed E-state index contributed by atoms with van der Waals surface area (Å²) >= 11 is 0. The standard InChI is InChI=1S/C66H42N2O2.C60H38N2O2/c1-4-18-44(19-5-1)49-24-12-14-30-59(49)67(46-20-6-2-7-21-46)48-37-34-43(35-38-48)45-36-39-53-58-41-56-50-25-10-11-26-51(50)61(42-57(56)54-28-17-33-63(65(54)58)69-64(53)40-45)68(47-22-8-3-9-23-47)60-31-16-29-55-52-27-13-15-32-62(52)70-66(55)60;1-4-16-41(17-5-1)61(54-27-14-26-50-47-24-12-13-28-56(47)64-60(50)54)44-33-30-39(31-34-44)40-32-35-48-53-37-51-45-22-10-11-23-46(45)55(62(42-18-6-2-7-19-42)43-20-8-3-9-21-43)38-52(51)49-25-15-29-57(59(49)53)63-58(48)36-40/h1-42H;1-38H. The maximum absolute atomic E-state index is 6.94. The van der Waals surface area contributed by atoms with Crippen LogP contribution in [-0.4, -0.2) is 0 Å². The van der Waals surface area contributed by atoms with Gasteiger partial charge in [-0.3, -0.25) is 0 Å². The van der Waals surface area contributed by atoms with Crippen molar-refractivity contribution in [3.63, 3.8) is 0 Å². The Bertz CT molecular complexity index is 8900. The van der Waals surface area contributed by atoms with Gasteiger partial charge in [0.25, 0.3) is 0 Å². The summed E-state index contributed by atoms with van der Waals surface area (Å²) in [6.45, 7) is 0. The van der Waals surface area contributed by atoms with Crippen molar-refractivity contribution < 1.29 is 18.3 Å². The van der Waals surface area contributed by atoms with Crippen molar-refractivity contribution in [1.82, 2.24) is 0 Å². The Morgan fingerprint density at radius 2 is 0.448 bits per heavy atom. The van der Waals surface area contributed by atoms with Gasteiger partial charge in [-0.15, -0.1) is 0 Å². The van der Waals surface area contributed by atoms with Crippen LogP contribution in [0.25, 0.3) is 164 Å². The number of nitrogens with zero attached hydrogens (tertiary/aromatic N) is 4. The van der Waals surface area contributed by atoms with Gasteiger partial charge in [-0.05, 0) is 258 Å². The van der Waals surface area contributed by atoms with Gasteiger partial charge in [-0.2, -0.15) is 0 Å². The van der Waals surface area contributed by atoms with Crippen LogP contribution in [0.3, 0.4) is 0 Å². The van der Waals surface area contributed by atoms with Gasteiger partial charge in [-0.25, -0.2) is 0 Å². The molecule has 8 heteroatoms. The average molecular weight is 1710 g/mol. The van der Waals surface area contributed by atoms with Gasteiger partial charge < -0.3 is 37.9 Å². The van der Waals surface area contributed by atoms with Crippen molar-refractivity contribution in [2.75, 3.05) is 19.6 Å². The molecule has 0 bridgehead atoms. The fraction of sp³-hybridized carbons (Fsp3) is 0. The largest absolute Gasteiger partial charge is 0.456 e. The topological polar surface area (TPSA) is 57.7 Å². The van der Waals surface area contributed by atoms with E-state index >= 15 is 0 Å². The van der Waals surface area contributed by atoms with Crippen molar-refractivity contribution in [2.45, 2.75) is 0 Å². The molecule has 2 aromatic heterocycles. The second-order valence-corrected chi connectivity index (χ2v) is 34.4. The van der Waals surface area contributed by atoms with Crippen molar-refractivity contribution >= 4 is 177 Å². The summed E-state index contributed by atoms with van der Waals surface area (Å²) in [4.78, 5) is 9.36. The highest BCUT2D eigenvalue weighted by atomic mass is 16.5. The van der Waals surface area contributed by atoms with E-state index in [-0.39, 0.29) is 0 Å². The number of ether oxygens (including phenoxy) is 2. The maximum Gasteiger partial charge on any atom is 0.159 e. The summed E-state index contributed by atoms with van der Waals surface area (Å²) in [6, 6.07) is 173. The fourth-order valence-corrected chi connectivity index (χ4v) is 20.8. The van der Waals surface area contributed by atoms with Crippen LogP contribution in [0.4, 0.5) is 68.2 Å². The molecule has 23 aromatic carbocycles. The van der Waals surface area contributed by atoms with Crippen LogP contribution in [0.5, 0.6) is 23.0 Å². The lowest BCUT2D eigenvalue weighted by Gasteiger charge is -2.28. The number of anilines is 12. The third kappa shape index (κ3) is 13.0. The molecule has 25 aromatic rings. The van der Waals surface area contributed by atoms with Gasteiger partial charge >= 0.3 is 0 Å². The molecule has 2 aliphatic heterocycles. The first-order chi connectivity index (χ1) is 66.5. The van der Waals surface area contributed by atoms with Crippen molar-refractivity contribution in [3.8, 4) is 78.6 Å². The van der Waals surface area contributed by atoms with Crippen LogP contribution in [0.2, 0.25) is 0 Å². The predicted molar refractivity (Wildman–Crippen MR) is 559 cm³/mol. The second kappa shape index (κ2) is 32.0. The van der Waals surface area contributed by atoms with Crippen LogP contribution in [0, 0.1) is 0 Å². The molecule has 0 fully saturated rings. The zero-order valence-electron chi connectivity index (χ0n) is 72.6. The Labute approximate surface area is 773 Å². The van der Waals surface area contributed by atoms with E-state index in [1.807, 2.05) is 18.2 Å². The molecule has 0 spiro atoms. The Morgan fingerprint density at radius 3 is 0.896 bits per heavy atom. The summed E-state index contributed by atoms with van der Waals surface area (Å²) in [5.74, 6) is 3.42. The number of hydrogen-bond acceptors (Lipinski definition) is 8. The Balaban J connectivity index is 0.000000140. The number of para-hydroxylation sites is 10. The third-order valence-corrected chi connectivity index (χ3v) is 26.8. The van der Waals surface area contributed by atoms with Gasteiger partial charge in [0.15, 0.2) is 11.2 Å². The Hall–Kier alpha value is -18.0. The molecule has 2 aliphatic rings. The third-order valence-electron chi connectivity index (χ3n) is 26.8. The van der Waals surface area contributed by atoms with Gasteiger partial charge in [0.2, 0.25) is 0 Å². The SMILES string of the molecule is c1ccc(-c2ccccc2N(c2ccccc2)c2ccc(-c3ccc4c(c3)Oc3cccc5c3c-4cc3c4ccccc4c(N(c4ccccc4)c4cccc6c4oc4ccccc46)cc53)cc2)cc1.c1ccc(N(c2ccccc2)c2cc3c4cccc5c4c(cc3c3ccccc23)-c2ccc(-c3ccc(N(c4ccccc4)c4cccc6c4oc4ccccc46)cc3)cc2O5)cc1.